The third-order valence-corrected chi connectivity index (χ3v) is 5.88. The second-order valence-electron chi connectivity index (χ2n) is 6.49. The number of allylic oxidation sites excluding steroid dienone is 2. The molecule has 5 rings (SSSR count). The van der Waals surface area contributed by atoms with Crippen molar-refractivity contribution in [1.29, 1.82) is 0 Å². The van der Waals surface area contributed by atoms with Gasteiger partial charge in [-0.3, -0.25) is 9.59 Å². The third-order valence-electron chi connectivity index (χ3n) is 5.35. The quantitative estimate of drug-likeness (QED) is 0.812. The number of aliphatic carboxylic acids is 1. The highest BCUT2D eigenvalue weighted by molar-refractivity contribution is 9.10. The van der Waals surface area contributed by atoms with Crippen molar-refractivity contribution in [3.8, 4) is 0 Å². The van der Waals surface area contributed by atoms with E-state index in [9.17, 15) is 14.7 Å². The van der Waals surface area contributed by atoms with Crippen LogP contribution in [0, 0.1) is 35.5 Å². The van der Waals surface area contributed by atoms with Crippen molar-refractivity contribution >= 4 is 33.5 Å². The number of halogens is 1. The van der Waals surface area contributed by atoms with Gasteiger partial charge in [0, 0.05) is 10.2 Å². The average Bonchev–Trinajstić information content (AvgIpc) is 3.30. The molecular formula is C17H16BrNO3. The smallest absolute Gasteiger partial charge is 0.307 e. The van der Waals surface area contributed by atoms with Gasteiger partial charge in [0.2, 0.25) is 5.91 Å². The van der Waals surface area contributed by atoms with E-state index in [-0.39, 0.29) is 17.7 Å². The number of carboxylic acids is 1. The highest BCUT2D eigenvalue weighted by atomic mass is 79.9. The fourth-order valence-electron chi connectivity index (χ4n) is 4.33. The zero-order valence-corrected chi connectivity index (χ0v) is 13.4. The molecule has 4 aliphatic carbocycles. The predicted molar refractivity (Wildman–Crippen MR) is 85.1 cm³/mol. The lowest BCUT2D eigenvalue weighted by molar-refractivity contribution is -0.152. The Morgan fingerprint density at radius 3 is 2.23 bits per heavy atom. The Kier molecular flexibility index (Phi) is 3.15. The predicted octanol–water partition coefficient (Wildman–Crippen LogP) is 3.16. The molecule has 4 nitrogen and oxygen atoms in total. The number of carboxylic acid groups (broad SMARTS) is 1. The molecule has 2 saturated carbocycles. The van der Waals surface area contributed by atoms with E-state index < -0.39 is 17.8 Å². The molecule has 1 aromatic rings. The molecule has 0 unspecified atom stereocenters. The maximum absolute atomic E-state index is 12.7. The molecule has 1 amide bonds. The van der Waals surface area contributed by atoms with E-state index in [0.29, 0.717) is 17.5 Å². The van der Waals surface area contributed by atoms with Crippen LogP contribution in [0.25, 0.3) is 0 Å². The molecule has 0 radical (unpaired) electrons. The van der Waals surface area contributed by atoms with Gasteiger partial charge in [0.25, 0.3) is 0 Å². The minimum absolute atomic E-state index is 0.0215. The number of carbonyl (C=O) groups is 2. The van der Waals surface area contributed by atoms with Crippen molar-refractivity contribution in [1.82, 2.24) is 0 Å². The van der Waals surface area contributed by atoms with Crippen LogP contribution in [0.15, 0.2) is 40.9 Å². The number of carbonyl (C=O) groups excluding carboxylic acids is 1. The van der Waals surface area contributed by atoms with E-state index in [1.807, 2.05) is 30.3 Å². The van der Waals surface area contributed by atoms with Crippen LogP contribution >= 0.6 is 15.9 Å². The lowest BCUT2D eigenvalue weighted by Crippen LogP contribution is -2.48. The van der Waals surface area contributed by atoms with Crippen LogP contribution in [0.3, 0.4) is 0 Å². The van der Waals surface area contributed by atoms with Crippen molar-refractivity contribution in [2.45, 2.75) is 6.42 Å². The van der Waals surface area contributed by atoms with Gasteiger partial charge in [0.05, 0.1) is 11.8 Å². The van der Waals surface area contributed by atoms with Crippen molar-refractivity contribution in [3.05, 3.63) is 40.9 Å². The highest BCUT2D eigenvalue weighted by Gasteiger charge is 2.62. The van der Waals surface area contributed by atoms with Gasteiger partial charge < -0.3 is 10.4 Å². The van der Waals surface area contributed by atoms with Crippen LogP contribution in [0.5, 0.6) is 0 Å². The maximum Gasteiger partial charge on any atom is 0.307 e. The number of anilines is 1. The normalized spacial score (nSPS) is 37.5. The van der Waals surface area contributed by atoms with Crippen LogP contribution in [0.1, 0.15) is 6.42 Å². The van der Waals surface area contributed by atoms with E-state index in [4.69, 9.17) is 0 Å². The van der Waals surface area contributed by atoms with Crippen LogP contribution in [0.4, 0.5) is 5.69 Å². The van der Waals surface area contributed by atoms with Crippen molar-refractivity contribution < 1.29 is 14.7 Å². The van der Waals surface area contributed by atoms with Gasteiger partial charge in [-0.15, -0.1) is 0 Å². The van der Waals surface area contributed by atoms with Gasteiger partial charge in [-0.25, -0.2) is 0 Å². The fourth-order valence-corrected chi connectivity index (χ4v) is 4.59. The van der Waals surface area contributed by atoms with Gasteiger partial charge in [0.1, 0.15) is 0 Å². The van der Waals surface area contributed by atoms with Crippen molar-refractivity contribution in [3.63, 3.8) is 0 Å². The van der Waals surface area contributed by atoms with E-state index in [2.05, 4.69) is 27.3 Å². The largest absolute Gasteiger partial charge is 0.481 e. The van der Waals surface area contributed by atoms with Crippen LogP contribution < -0.4 is 5.32 Å². The standard InChI is InChI=1S/C17H16BrNO3/c18-8-1-3-9(4-2-8)19-16(20)14-10-5-6-11(13-7-12(10)13)15(14)17(21)22/h1-6,10-15H,7H2,(H,19,20)(H,21,22)/t10-,11-,12-,13-,14-,15+/m1/s1. The summed E-state index contributed by atoms with van der Waals surface area (Å²) in [5.74, 6) is -0.979. The number of nitrogens with one attached hydrogen (secondary N) is 1. The molecule has 114 valence electrons. The van der Waals surface area contributed by atoms with Crippen LogP contribution in [-0.4, -0.2) is 17.0 Å². The fraction of sp³-hybridized carbons (Fsp3) is 0.412. The first-order valence-electron chi connectivity index (χ1n) is 7.54. The minimum Gasteiger partial charge on any atom is -0.481 e. The first-order valence-corrected chi connectivity index (χ1v) is 8.33. The average molecular weight is 362 g/mol. The summed E-state index contributed by atoms with van der Waals surface area (Å²) in [6.45, 7) is 0. The molecule has 0 saturated heterocycles. The minimum atomic E-state index is -0.847. The number of benzene rings is 1. The highest BCUT2D eigenvalue weighted by Crippen LogP contribution is 2.63. The van der Waals surface area contributed by atoms with E-state index >= 15 is 0 Å². The molecule has 2 bridgehead atoms. The molecular weight excluding hydrogens is 346 g/mol. The van der Waals surface area contributed by atoms with Crippen LogP contribution in [0.2, 0.25) is 0 Å². The van der Waals surface area contributed by atoms with Gasteiger partial charge in [-0.1, -0.05) is 28.1 Å². The number of amides is 1. The monoisotopic (exact) mass is 361 g/mol. The lowest BCUT2D eigenvalue weighted by atomic mass is 9.62. The van der Waals surface area contributed by atoms with Crippen LogP contribution in [-0.2, 0) is 9.59 Å². The molecule has 6 atom stereocenters. The summed E-state index contributed by atoms with van der Waals surface area (Å²) in [6, 6.07) is 7.34. The zero-order chi connectivity index (χ0) is 15.4. The third kappa shape index (κ3) is 2.10. The maximum atomic E-state index is 12.7. The van der Waals surface area contributed by atoms with E-state index in [0.717, 1.165) is 10.9 Å². The molecule has 5 heteroatoms. The van der Waals surface area contributed by atoms with Crippen molar-refractivity contribution in [2.75, 3.05) is 5.32 Å². The van der Waals surface area contributed by atoms with Gasteiger partial charge >= 0.3 is 5.97 Å². The molecule has 0 heterocycles. The Labute approximate surface area is 136 Å². The summed E-state index contributed by atoms with van der Waals surface area (Å²) in [5, 5.41) is 12.5. The number of rotatable bonds is 3. The summed E-state index contributed by atoms with van der Waals surface area (Å²) in [4.78, 5) is 24.4. The molecule has 2 fully saturated rings. The Morgan fingerprint density at radius 2 is 1.64 bits per heavy atom. The SMILES string of the molecule is O=C(Nc1ccc(Br)cc1)[C@@H]1[C@@H]2C=C[C@H]([C@H]3C[C@H]23)[C@@H]1C(=O)O. The topological polar surface area (TPSA) is 66.4 Å². The second-order valence-corrected chi connectivity index (χ2v) is 7.40. The second kappa shape index (κ2) is 4.95. The van der Waals surface area contributed by atoms with Gasteiger partial charge in [0.15, 0.2) is 0 Å². The van der Waals surface area contributed by atoms with Gasteiger partial charge in [-0.2, -0.15) is 0 Å². The molecule has 22 heavy (non-hydrogen) atoms. The Balaban J connectivity index is 1.60. The summed E-state index contributed by atoms with van der Waals surface area (Å²) < 4.78 is 0.939. The molecule has 0 spiro atoms. The molecule has 0 aliphatic heterocycles. The van der Waals surface area contributed by atoms with E-state index in [1.165, 1.54) is 0 Å². The summed E-state index contributed by atoms with van der Waals surface area (Å²) in [6.07, 6.45) is 5.17. The van der Waals surface area contributed by atoms with E-state index in [1.54, 1.807) is 0 Å². The summed E-state index contributed by atoms with van der Waals surface area (Å²) >= 11 is 3.36. The number of hydrogen-bond acceptors (Lipinski definition) is 2. The molecule has 1 aromatic carbocycles. The Hall–Kier alpha value is -1.62. The first-order chi connectivity index (χ1) is 10.6. The number of hydrogen-bond donors (Lipinski definition) is 2. The Morgan fingerprint density at radius 1 is 1.05 bits per heavy atom. The summed E-state index contributed by atoms with van der Waals surface area (Å²) in [7, 11) is 0. The molecule has 0 aromatic heterocycles. The van der Waals surface area contributed by atoms with Gasteiger partial charge in [-0.05, 0) is 54.4 Å². The molecule has 4 aliphatic rings. The first kappa shape index (κ1) is 14.0. The summed E-state index contributed by atoms with van der Waals surface area (Å²) in [5.41, 5.74) is 0.704. The molecule has 2 N–H and O–H groups in total. The van der Waals surface area contributed by atoms with Crippen molar-refractivity contribution in [2.24, 2.45) is 35.5 Å². The Bertz CT molecular complexity index is 669. The zero-order valence-electron chi connectivity index (χ0n) is 11.8. The number of fused-ring (bicyclic) bond motifs is 1. The lowest BCUT2D eigenvalue weighted by Gasteiger charge is -2.41.